The van der Waals surface area contributed by atoms with Crippen LogP contribution in [0.25, 0.3) is 0 Å². The van der Waals surface area contributed by atoms with Crippen LogP contribution in [0.3, 0.4) is 0 Å². The molecule has 0 spiro atoms. The lowest BCUT2D eigenvalue weighted by atomic mass is 10.1. The Morgan fingerprint density at radius 1 is 1.45 bits per heavy atom. The number of hydrogen-bond donors (Lipinski definition) is 2. The molecular formula is C13H22F2N6O. The zero-order valence-corrected chi connectivity index (χ0v) is 12.9. The van der Waals surface area contributed by atoms with Gasteiger partial charge >= 0.3 is 0 Å². The number of rotatable bonds is 5. The molecule has 2 N–H and O–H groups in total. The summed E-state index contributed by atoms with van der Waals surface area (Å²) in [5.41, 5.74) is 0. The van der Waals surface area contributed by atoms with Crippen molar-refractivity contribution in [1.82, 2.24) is 25.7 Å². The van der Waals surface area contributed by atoms with Crippen LogP contribution in [-0.4, -0.2) is 60.1 Å². The number of likely N-dealkylation sites (tertiary alicyclic amines) is 1. The second-order valence-electron chi connectivity index (χ2n) is 5.27. The first-order valence-electron chi connectivity index (χ1n) is 7.33. The summed E-state index contributed by atoms with van der Waals surface area (Å²) in [5, 5.41) is 10.2. The zero-order valence-electron chi connectivity index (χ0n) is 12.9. The van der Waals surface area contributed by atoms with E-state index in [9.17, 15) is 8.78 Å². The summed E-state index contributed by atoms with van der Waals surface area (Å²) in [6, 6.07) is 0.229. The minimum atomic E-state index is -2.27. The minimum absolute atomic E-state index is 0.142. The molecule has 0 radical (unpaired) electrons. The number of guanidine groups is 1. The molecule has 0 amide bonds. The summed E-state index contributed by atoms with van der Waals surface area (Å²) in [6.07, 6.45) is -0.638. The lowest BCUT2D eigenvalue weighted by Crippen LogP contribution is -2.49. The van der Waals surface area contributed by atoms with E-state index in [1.807, 2.05) is 0 Å². The molecule has 0 saturated carbocycles. The summed E-state index contributed by atoms with van der Waals surface area (Å²) in [6.45, 7) is 3.35. The van der Waals surface area contributed by atoms with Crippen molar-refractivity contribution in [3.63, 3.8) is 0 Å². The van der Waals surface area contributed by atoms with Gasteiger partial charge in [-0.3, -0.25) is 9.89 Å². The molecule has 1 aliphatic heterocycles. The molecule has 1 aliphatic rings. The van der Waals surface area contributed by atoms with E-state index in [0.29, 0.717) is 37.3 Å². The SMILES string of the molecule is CN=C(NCc1noc(C)n1)NC1CCN(CC(F)F)CC1. The minimum Gasteiger partial charge on any atom is -0.354 e. The van der Waals surface area contributed by atoms with Crippen LogP contribution >= 0.6 is 0 Å². The van der Waals surface area contributed by atoms with Crippen LogP contribution in [0.1, 0.15) is 24.6 Å². The van der Waals surface area contributed by atoms with E-state index in [4.69, 9.17) is 4.52 Å². The van der Waals surface area contributed by atoms with Gasteiger partial charge in [-0.2, -0.15) is 4.98 Å². The van der Waals surface area contributed by atoms with Gasteiger partial charge in [0.15, 0.2) is 11.8 Å². The lowest BCUT2D eigenvalue weighted by molar-refractivity contribution is 0.0744. The molecular weight excluding hydrogens is 294 g/mol. The fourth-order valence-corrected chi connectivity index (χ4v) is 2.42. The van der Waals surface area contributed by atoms with Crippen LogP contribution in [-0.2, 0) is 6.54 Å². The Morgan fingerprint density at radius 3 is 2.73 bits per heavy atom. The van der Waals surface area contributed by atoms with Gasteiger partial charge in [-0.25, -0.2) is 8.78 Å². The molecule has 1 aromatic rings. The third-order valence-corrected chi connectivity index (χ3v) is 3.53. The van der Waals surface area contributed by atoms with Gasteiger partial charge < -0.3 is 15.2 Å². The molecule has 22 heavy (non-hydrogen) atoms. The first-order valence-corrected chi connectivity index (χ1v) is 7.33. The molecule has 0 unspecified atom stereocenters. The molecule has 124 valence electrons. The first kappa shape index (κ1) is 16.6. The predicted octanol–water partition coefficient (Wildman–Crippen LogP) is 0.773. The number of nitrogens with zero attached hydrogens (tertiary/aromatic N) is 4. The second kappa shape index (κ2) is 8.02. The number of nitrogens with one attached hydrogen (secondary N) is 2. The van der Waals surface area contributed by atoms with Crippen molar-refractivity contribution in [1.29, 1.82) is 0 Å². The number of aryl methyl sites for hydroxylation is 1. The Balaban J connectivity index is 1.72. The molecule has 1 saturated heterocycles. The van der Waals surface area contributed by atoms with Crippen LogP contribution in [0.5, 0.6) is 0 Å². The number of alkyl halides is 2. The van der Waals surface area contributed by atoms with Crippen LogP contribution in [0, 0.1) is 6.92 Å². The van der Waals surface area contributed by atoms with Crippen LogP contribution in [0.2, 0.25) is 0 Å². The summed E-state index contributed by atoms with van der Waals surface area (Å²) < 4.78 is 29.6. The van der Waals surface area contributed by atoms with Gasteiger partial charge in [-0.05, 0) is 12.8 Å². The highest BCUT2D eigenvalue weighted by atomic mass is 19.3. The highest BCUT2D eigenvalue weighted by molar-refractivity contribution is 5.79. The lowest BCUT2D eigenvalue weighted by Gasteiger charge is -2.32. The number of piperidine rings is 1. The van der Waals surface area contributed by atoms with Crippen LogP contribution in [0.4, 0.5) is 8.78 Å². The van der Waals surface area contributed by atoms with E-state index in [2.05, 4.69) is 25.8 Å². The predicted molar refractivity (Wildman–Crippen MR) is 77.8 cm³/mol. The summed E-state index contributed by atoms with van der Waals surface area (Å²) in [7, 11) is 1.68. The van der Waals surface area contributed by atoms with E-state index < -0.39 is 6.43 Å². The van der Waals surface area contributed by atoms with Crippen LogP contribution < -0.4 is 10.6 Å². The van der Waals surface area contributed by atoms with Gasteiger partial charge in [0.25, 0.3) is 6.43 Å². The monoisotopic (exact) mass is 316 g/mol. The molecule has 1 fully saturated rings. The first-order chi connectivity index (χ1) is 10.6. The highest BCUT2D eigenvalue weighted by Crippen LogP contribution is 2.11. The molecule has 0 aliphatic carbocycles. The molecule has 2 heterocycles. The maximum absolute atomic E-state index is 12.3. The van der Waals surface area contributed by atoms with Gasteiger partial charge in [0.1, 0.15) is 0 Å². The molecule has 0 aromatic carbocycles. The van der Waals surface area contributed by atoms with Crippen molar-refractivity contribution in [2.24, 2.45) is 4.99 Å². The normalized spacial score (nSPS) is 18.0. The fraction of sp³-hybridized carbons (Fsp3) is 0.769. The Labute approximate surface area is 128 Å². The molecule has 9 heteroatoms. The molecule has 0 atom stereocenters. The molecule has 0 bridgehead atoms. The van der Waals surface area contributed by atoms with Gasteiger partial charge in [-0.1, -0.05) is 5.16 Å². The van der Waals surface area contributed by atoms with Gasteiger partial charge in [0, 0.05) is 33.1 Å². The summed E-state index contributed by atoms with van der Waals surface area (Å²) >= 11 is 0. The average molecular weight is 316 g/mol. The number of aliphatic imine (C=N–C) groups is 1. The average Bonchev–Trinajstić information content (AvgIpc) is 2.90. The van der Waals surface area contributed by atoms with E-state index in [1.165, 1.54) is 0 Å². The Kier molecular flexibility index (Phi) is 6.05. The van der Waals surface area contributed by atoms with E-state index >= 15 is 0 Å². The topological polar surface area (TPSA) is 78.6 Å². The standard InChI is InChI=1S/C13H22F2N6O/c1-9-18-12(20-22-9)7-17-13(16-2)19-10-3-5-21(6-4-10)8-11(14)15/h10-11H,3-8H2,1-2H3,(H2,16,17,19). The van der Waals surface area contributed by atoms with Gasteiger partial charge in [0.2, 0.25) is 5.89 Å². The Bertz CT molecular complexity index is 485. The van der Waals surface area contributed by atoms with E-state index in [0.717, 1.165) is 12.8 Å². The summed E-state index contributed by atoms with van der Waals surface area (Å²) in [5.74, 6) is 1.73. The molecule has 1 aromatic heterocycles. The fourth-order valence-electron chi connectivity index (χ4n) is 2.42. The number of hydrogen-bond acceptors (Lipinski definition) is 5. The van der Waals surface area contributed by atoms with Crippen molar-refractivity contribution in [3.05, 3.63) is 11.7 Å². The van der Waals surface area contributed by atoms with Gasteiger partial charge in [-0.15, -0.1) is 0 Å². The number of aromatic nitrogens is 2. The molecule has 2 rings (SSSR count). The third-order valence-electron chi connectivity index (χ3n) is 3.53. The third kappa shape index (κ3) is 5.21. The largest absolute Gasteiger partial charge is 0.354 e. The second-order valence-corrected chi connectivity index (χ2v) is 5.27. The Morgan fingerprint density at radius 2 is 2.18 bits per heavy atom. The van der Waals surface area contributed by atoms with Crippen molar-refractivity contribution in [2.75, 3.05) is 26.7 Å². The zero-order chi connectivity index (χ0) is 15.9. The maximum atomic E-state index is 12.3. The highest BCUT2D eigenvalue weighted by Gasteiger charge is 2.22. The quantitative estimate of drug-likeness (QED) is 0.617. The van der Waals surface area contributed by atoms with E-state index in [1.54, 1.807) is 18.9 Å². The van der Waals surface area contributed by atoms with Crippen molar-refractivity contribution >= 4 is 5.96 Å². The van der Waals surface area contributed by atoms with Crippen LogP contribution in [0.15, 0.2) is 9.52 Å². The smallest absolute Gasteiger partial charge is 0.251 e. The maximum Gasteiger partial charge on any atom is 0.251 e. The summed E-state index contributed by atoms with van der Waals surface area (Å²) in [4.78, 5) is 10.0. The molecule has 7 nitrogen and oxygen atoms in total. The van der Waals surface area contributed by atoms with Crippen molar-refractivity contribution in [2.45, 2.75) is 38.8 Å². The van der Waals surface area contributed by atoms with Crippen molar-refractivity contribution in [3.8, 4) is 0 Å². The van der Waals surface area contributed by atoms with E-state index in [-0.39, 0.29) is 12.6 Å². The Hall–Kier alpha value is -1.77. The van der Waals surface area contributed by atoms with Gasteiger partial charge in [0.05, 0.1) is 13.1 Å². The number of halogens is 2. The van der Waals surface area contributed by atoms with Crippen molar-refractivity contribution < 1.29 is 13.3 Å².